The Labute approximate surface area is 78.3 Å². The number of hydrogen-bond acceptors (Lipinski definition) is 3. The van der Waals surface area contributed by atoms with Crippen LogP contribution in [-0.4, -0.2) is 59.5 Å². The Morgan fingerprint density at radius 3 is 1.70 bits per heavy atom. The first-order valence-corrected chi connectivity index (χ1v) is 3.37. The van der Waals surface area contributed by atoms with Crippen molar-refractivity contribution in [2.24, 2.45) is 0 Å². The summed E-state index contributed by atoms with van der Waals surface area (Å²) in [4.78, 5) is 0. The molecule has 8 heteroatoms. The second kappa shape index (κ2) is 3.93. The van der Waals surface area contributed by atoms with Crippen LogP contribution in [0.25, 0.3) is 0 Å². The van der Waals surface area contributed by atoms with E-state index < -0.39 is 22.0 Å². The van der Waals surface area contributed by atoms with Gasteiger partial charge in [0.05, 0.1) is 0 Å². The summed E-state index contributed by atoms with van der Waals surface area (Å²) in [6, 6.07) is 0. The van der Waals surface area contributed by atoms with Gasteiger partial charge in [-0.05, 0) is 0 Å². The third-order valence-electron chi connectivity index (χ3n) is 0.356. The van der Waals surface area contributed by atoms with E-state index in [1.165, 1.54) is 0 Å². The molecule has 0 spiro atoms. The first-order valence-electron chi connectivity index (χ1n) is 1.76. The molecular weight excluding hydrogens is 181 g/mol. The molecule has 0 bridgehead atoms. The van der Waals surface area contributed by atoms with Crippen molar-refractivity contribution in [1.82, 2.24) is 0 Å². The molecule has 0 saturated carbocycles. The number of rotatable bonds is 2. The fourth-order valence-corrected chi connectivity index (χ4v) is 0.658. The molecule has 0 aromatic rings. The van der Waals surface area contributed by atoms with E-state index in [2.05, 4.69) is 0 Å². The molecule has 0 aromatic heterocycles. The fraction of sp³-hybridized carbons (Fsp3) is 1.00. The number of hydrogen-bond donors (Lipinski definition) is 2. The maximum atomic E-state index is 11.2. The predicted molar refractivity (Wildman–Crippen MR) is 30.7 cm³/mol. The molecule has 0 atom stereocenters. The summed E-state index contributed by atoms with van der Waals surface area (Å²) in [6.45, 7) is 0. The topological polar surface area (TPSA) is 74.6 Å². The van der Waals surface area contributed by atoms with Gasteiger partial charge in [-0.3, -0.25) is 4.55 Å². The van der Waals surface area contributed by atoms with Crippen LogP contribution in [-0.2, 0) is 10.1 Å². The molecule has 2 N–H and O–H groups in total. The molecule has 10 heavy (non-hydrogen) atoms. The Morgan fingerprint density at radius 1 is 1.40 bits per heavy atom. The van der Waals surface area contributed by atoms with Crippen molar-refractivity contribution in [3.05, 3.63) is 0 Å². The van der Waals surface area contributed by atoms with Crippen LogP contribution in [0.5, 0.6) is 0 Å². The molecule has 0 fully saturated rings. The van der Waals surface area contributed by atoms with Crippen LogP contribution in [0.3, 0.4) is 0 Å². The molecule has 0 unspecified atom stereocenters. The monoisotopic (exact) mass is 186 g/mol. The molecule has 0 rings (SSSR count). The third kappa shape index (κ3) is 11.5. The molecule has 58 valence electrons. The van der Waals surface area contributed by atoms with Gasteiger partial charge >= 0.3 is 35.7 Å². The molecule has 0 amide bonds. The van der Waals surface area contributed by atoms with Crippen molar-refractivity contribution in [2.75, 3.05) is 5.75 Å². The first-order chi connectivity index (χ1) is 3.71. The van der Waals surface area contributed by atoms with Crippen molar-refractivity contribution in [1.29, 1.82) is 0 Å². The fourth-order valence-electron chi connectivity index (χ4n) is 0.219. The zero-order valence-corrected chi connectivity index (χ0v) is 4.90. The zero-order chi connectivity index (χ0) is 7.71. The van der Waals surface area contributed by atoms with Crippen LogP contribution >= 0.6 is 0 Å². The molecule has 0 heterocycles. The van der Waals surface area contributed by atoms with E-state index in [9.17, 15) is 17.2 Å². The van der Waals surface area contributed by atoms with Gasteiger partial charge in [-0.2, -0.15) is 17.2 Å². The minimum absolute atomic E-state index is 0. The summed E-state index contributed by atoms with van der Waals surface area (Å²) in [5, 5.41) is 7.48. The van der Waals surface area contributed by atoms with Gasteiger partial charge in [-0.25, -0.2) is 0 Å². The van der Waals surface area contributed by atoms with Crippen LogP contribution in [0, 0.1) is 0 Å². The van der Waals surface area contributed by atoms with E-state index in [0.717, 1.165) is 0 Å². The van der Waals surface area contributed by atoms with Gasteiger partial charge < -0.3 is 5.11 Å². The van der Waals surface area contributed by atoms with Crippen molar-refractivity contribution in [3.63, 3.8) is 0 Å². The summed E-state index contributed by atoms with van der Waals surface area (Å²) in [5.74, 6) is -1.96. The standard InChI is InChI=1S/C2H4F2O4S.Na.H/c3-2(4,5)1-9(6,7)8;;/h5H,1H2,(H,6,7,8);;. The summed E-state index contributed by atoms with van der Waals surface area (Å²) in [5.41, 5.74) is 0. The SMILES string of the molecule is O=S(=O)(O)CC(O)(F)F.[NaH]. The molecular formula is C2H5F2NaO4S. The van der Waals surface area contributed by atoms with Gasteiger partial charge in [-0.15, -0.1) is 0 Å². The van der Waals surface area contributed by atoms with Crippen molar-refractivity contribution >= 4 is 39.7 Å². The van der Waals surface area contributed by atoms with E-state index in [1.807, 2.05) is 0 Å². The van der Waals surface area contributed by atoms with Crippen molar-refractivity contribution in [3.8, 4) is 0 Å². The van der Waals surface area contributed by atoms with Gasteiger partial charge in [0.25, 0.3) is 10.1 Å². The average molecular weight is 186 g/mol. The summed E-state index contributed by atoms with van der Waals surface area (Å²) in [7, 11) is -4.78. The first kappa shape index (κ1) is 13.3. The Hall–Kier alpha value is 0.730. The summed E-state index contributed by atoms with van der Waals surface area (Å²) < 4.78 is 49.3. The molecule has 0 aliphatic heterocycles. The molecule has 4 nitrogen and oxygen atoms in total. The zero-order valence-electron chi connectivity index (χ0n) is 4.08. The summed E-state index contributed by atoms with van der Waals surface area (Å²) in [6.07, 6.45) is -4.35. The quantitative estimate of drug-likeness (QED) is 0.420. The van der Waals surface area contributed by atoms with Gasteiger partial charge in [0, 0.05) is 0 Å². The molecule has 0 radical (unpaired) electrons. The van der Waals surface area contributed by atoms with Crippen molar-refractivity contribution in [2.45, 2.75) is 6.11 Å². The molecule has 0 aliphatic carbocycles. The van der Waals surface area contributed by atoms with Gasteiger partial charge in [0.15, 0.2) is 5.75 Å². The Morgan fingerprint density at radius 2 is 1.70 bits per heavy atom. The maximum absolute atomic E-state index is 11.2. The van der Waals surface area contributed by atoms with E-state index in [0.29, 0.717) is 0 Å². The van der Waals surface area contributed by atoms with Crippen LogP contribution in [0.4, 0.5) is 8.78 Å². The Balaban J connectivity index is 0. The Bertz CT molecular complexity index is 182. The van der Waals surface area contributed by atoms with Crippen molar-refractivity contribution < 1.29 is 26.9 Å². The number of aliphatic hydroxyl groups is 1. The third-order valence-corrected chi connectivity index (χ3v) is 1.07. The second-order valence-electron chi connectivity index (χ2n) is 1.39. The number of alkyl halides is 2. The molecule has 0 saturated heterocycles. The van der Waals surface area contributed by atoms with Gasteiger partial charge in [0.1, 0.15) is 0 Å². The number of halogens is 2. The molecule has 0 aliphatic rings. The summed E-state index contributed by atoms with van der Waals surface area (Å²) >= 11 is 0. The minimum atomic E-state index is -4.78. The van der Waals surface area contributed by atoms with Gasteiger partial charge in [0.2, 0.25) is 0 Å². The second-order valence-corrected chi connectivity index (χ2v) is 2.84. The van der Waals surface area contributed by atoms with Gasteiger partial charge in [-0.1, -0.05) is 0 Å². The van der Waals surface area contributed by atoms with Crippen LogP contribution in [0.15, 0.2) is 0 Å². The van der Waals surface area contributed by atoms with E-state index in [1.54, 1.807) is 0 Å². The van der Waals surface area contributed by atoms with E-state index in [4.69, 9.17) is 9.66 Å². The van der Waals surface area contributed by atoms with Crippen LogP contribution in [0.2, 0.25) is 0 Å². The average Bonchev–Trinajstić information content (AvgIpc) is 1.14. The van der Waals surface area contributed by atoms with Crippen LogP contribution < -0.4 is 0 Å². The van der Waals surface area contributed by atoms with E-state index >= 15 is 0 Å². The van der Waals surface area contributed by atoms with E-state index in [-0.39, 0.29) is 29.6 Å². The normalized spacial score (nSPS) is 12.4. The Kier molecular flexibility index (Phi) is 5.24. The molecule has 0 aromatic carbocycles. The predicted octanol–water partition coefficient (Wildman–Crippen LogP) is -1.19. The van der Waals surface area contributed by atoms with Crippen LogP contribution in [0.1, 0.15) is 0 Å².